The van der Waals surface area contributed by atoms with E-state index in [4.69, 9.17) is 9.47 Å². The molecule has 1 fully saturated rings. The Morgan fingerprint density at radius 2 is 1.81 bits per heavy atom. The Kier molecular flexibility index (Phi) is 11.2. The zero-order valence-electron chi connectivity index (χ0n) is 15.7. The van der Waals surface area contributed by atoms with Crippen molar-refractivity contribution in [2.24, 2.45) is 0 Å². The number of benzene rings is 1. The van der Waals surface area contributed by atoms with E-state index >= 15 is 0 Å². The summed E-state index contributed by atoms with van der Waals surface area (Å²) >= 11 is 0. The van der Waals surface area contributed by atoms with E-state index in [1.54, 1.807) is 0 Å². The van der Waals surface area contributed by atoms with Gasteiger partial charge in [0.25, 0.3) is 0 Å². The quantitative estimate of drug-likeness (QED) is 0.446. The summed E-state index contributed by atoms with van der Waals surface area (Å²) in [5, 5.41) is 3.40. The molecule has 156 valence electrons. The summed E-state index contributed by atoms with van der Waals surface area (Å²) in [6.07, 6.45) is 7.25. The lowest BCUT2D eigenvalue weighted by molar-refractivity contribution is 0.144. The molecule has 0 bridgehead atoms. The summed E-state index contributed by atoms with van der Waals surface area (Å²) in [4.78, 5) is -0.192. The highest BCUT2D eigenvalue weighted by molar-refractivity contribution is 7.89. The average Bonchev–Trinajstić information content (AvgIpc) is 2.89. The molecule has 0 heterocycles. The van der Waals surface area contributed by atoms with E-state index < -0.39 is 15.8 Å². The molecule has 9 heteroatoms. The van der Waals surface area contributed by atoms with E-state index in [0.717, 1.165) is 18.9 Å². The minimum absolute atomic E-state index is 0. The normalized spacial score (nSPS) is 15.8. The molecule has 27 heavy (non-hydrogen) atoms. The largest absolute Gasteiger partial charge is 0.490 e. The highest BCUT2D eigenvalue weighted by atomic mass is 35.5. The second kappa shape index (κ2) is 12.5. The predicted octanol–water partition coefficient (Wildman–Crippen LogP) is 2.86. The number of ether oxygens (including phenoxy) is 2. The molecule has 0 atom stereocenters. The first-order chi connectivity index (χ1) is 12.5. The lowest BCUT2D eigenvalue weighted by atomic mass is 10.1. The topological polar surface area (TPSA) is 76.7 Å². The van der Waals surface area contributed by atoms with Gasteiger partial charge in [-0.25, -0.2) is 17.5 Å². The Morgan fingerprint density at radius 3 is 2.48 bits per heavy atom. The van der Waals surface area contributed by atoms with Gasteiger partial charge in [-0.3, -0.25) is 0 Å². The van der Waals surface area contributed by atoms with Crippen LogP contribution in [-0.4, -0.2) is 47.9 Å². The molecule has 1 aromatic rings. The van der Waals surface area contributed by atoms with Crippen molar-refractivity contribution in [3.63, 3.8) is 0 Å². The van der Waals surface area contributed by atoms with Crippen molar-refractivity contribution in [1.82, 2.24) is 10.0 Å². The van der Waals surface area contributed by atoms with Crippen LogP contribution in [0.25, 0.3) is 0 Å². The van der Waals surface area contributed by atoms with Gasteiger partial charge in [0.15, 0.2) is 0 Å². The van der Waals surface area contributed by atoms with E-state index in [2.05, 4.69) is 10.0 Å². The number of hydrogen-bond donors (Lipinski definition) is 2. The highest BCUT2D eigenvalue weighted by Gasteiger charge is 2.20. The average molecular weight is 425 g/mol. The molecule has 6 nitrogen and oxygen atoms in total. The molecular formula is C18H30ClFN2O4S. The van der Waals surface area contributed by atoms with Crippen LogP contribution in [0.15, 0.2) is 23.1 Å². The van der Waals surface area contributed by atoms with E-state index in [0.29, 0.717) is 19.2 Å². The molecule has 0 radical (unpaired) electrons. The summed E-state index contributed by atoms with van der Waals surface area (Å²) < 4.78 is 51.4. The SMILES string of the molecule is COCCOc1ccc(F)cc1S(=O)(=O)NCCNC1CCCCCC1.Cl. The maximum atomic E-state index is 13.6. The molecule has 0 spiro atoms. The van der Waals surface area contributed by atoms with Gasteiger partial charge in [0.05, 0.1) is 6.61 Å². The zero-order valence-corrected chi connectivity index (χ0v) is 17.3. The first kappa shape index (κ1) is 24.1. The summed E-state index contributed by atoms with van der Waals surface area (Å²) in [6.45, 7) is 1.29. The number of hydrogen-bond acceptors (Lipinski definition) is 5. The lowest BCUT2D eigenvalue weighted by Gasteiger charge is -2.17. The van der Waals surface area contributed by atoms with E-state index in [9.17, 15) is 12.8 Å². The van der Waals surface area contributed by atoms with Crippen molar-refractivity contribution in [2.75, 3.05) is 33.4 Å². The van der Waals surface area contributed by atoms with Gasteiger partial charge in [0, 0.05) is 26.2 Å². The van der Waals surface area contributed by atoms with Gasteiger partial charge >= 0.3 is 0 Å². The number of rotatable bonds is 10. The zero-order chi connectivity index (χ0) is 18.8. The van der Waals surface area contributed by atoms with Crippen LogP contribution in [-0.2, 0) is 14.8 Å². The second-order valence-corrected chi connectivity index (χ2v) is 8.21. The molecular weight excluding hydrogens is 395 g/mol. The van der Waals surface area contributed by atoms with Crippen LogP contribution in [0.3, 0.4) is 0 Å². The van der Waals surface area contributed by atoms with Crippen LogP contribution in [0, 0.1) is 5.82 Å². The van der Waals surface area contributed by atoms with Gasteiger partial charge in [0.1, 0.15) is 23.1 Å². The molecule has 1 aromatic carbocycles. The minimum atomic E-state index is -3.86. The fourth-order valence-electron chi connectivity index (χ4n) is 3.07. The maximum absolute atomic E-state index is 13.6. The lowest BCUT2D eigenvalue weighted by Crippen LogP contribution is -2.37. The maximum Gasteiger partial charge on any atom is 0.244 e. The monoisotopic (exact) mass is 424 g/mol. The van der Waals surface area contributed by atoms with Crippen molar-refractivity contribution in [3.8, 4) is 5.75 Å². The van der Waals surface area contributed by atoms with E-state index in [1.807, 2.05) is 0 Å². The molecule has 2 N–H and O–H groups in total. The first-order valence-electron chi connectivity index (χ1n) is 9.17. The summed E-state index contributed by atoms with van der Waals surface area (Å²) in [5.74, 6) is -0.506. The molecule has 1 aliphatic rings. The fourth-order valence-corrected chi connectivity index (χ4v) is 4.25. The third kappa shape index (κ3) is 8.31. The van der Waals surface area contributed by atoms with Gasteiger partial charge in [-0.1, -0.05) is 25.7 Å². The van der Waals surface area contributed by atoms with Gasteiger partial charge < -0.3 is 14.8 Å². The molecule has 1 aliphatic carbocycles. The molecule has 0 unspecified atom stereocenters. The van der Waals surface area contributed by atoms with Crippen molar-refractivity contribution in [3.05, 3.63) is 24.0 Å². The number of methoxy groups -OCH3 is 1. The van der Waals surface area contributed by atoms with Crippen LogP contribution in [0.2, 0.25) is 0 Å². The minimum Gasteiger partial charge on any atom is -0.490 e. The fraction of sp³-hybridized carbons (Fsp3) is 0.667. The summed E-state index contributed by atoms with van der Waals surface area (Å²) in [7, 11) is -2.33. The first-order valence-corrected chi connectivity index (χ1v) is 10.7. The van der Waals surface area contributed by atoms with Crippen molar-refractivity contribution in [2.45, 2.75) is 49.5 Å². The molecule has 2 rings (SSSR count). The highest BCUT2D eigenvalue weighted by Crippen LogP contribution is 2.24. The Labute approximate surface area is 167 Å². The summed E-state index contributed by atoms with van der Waals surface area (Å²) in [6, 6.07) is 3.92. The smallest absolute Gasteiger partial charge is 0.244 e. The molecule has 0 amide bonds. The Morgan fingerprint density at radius 1 is 1.11 bits per heavy atom. The van der Waals surface area contributed by atoms with Crippen LogP contribution in [0.1, 0.15) is 38.5 Å². The molecule has 0 saturated heterocycles. The second-order valence-electron chi connectivity index (χ2n) is 6.47. The van der Waals surface area contributed by atoms with Gasteiger partial charge in [0.2, 0.25) is 10.0 Å². The van der Waals surface area contributed by atoms with Crippen LogP contribution < -0.4 is 14.8 Å². The Hall–Kier alpha value is -0.930. The Balaban J connectivity index is 0.00000364. The molecule has 0 aromatic heterocycles. The van der Waals surface area contributed by atoms with Crippen molar-refractivity contribution < 1.29 is 22.3 Å². The van der Waals surface area contributed by atoms with E-state index in [-0.39, 0.29) is 36.2 Å². The van der Waals surface area contributed by atoms with Crippen LogP contribution >= 0.6 is 12.4 Å². The third-order valence-electron chi connectivity index (χ3n) is 4.45. The number of sulfonamides is 1. The van der Waals surface area contributed by atoms with Crippen LogP contribution in [0.4, 0.5) is 4.39 Å². The van der Waals surface area contributed by atoms with Gasteiger partial charge in [-0.15, -0.1) is 12.4 Å². The summed E-state index contributed by atoms with van der Waals surface area (Å²) in [5.41, 5.74) is 0. The molecule has 1 saturated carbocycles. The van der Waals surface area contributed by atoms with E-state index in [1.165, 1.54) is 44.9 Å². The number of halogens is 2. The third-order valence-corrected chi connectivity index (χ3v) is 5.93. The van der Waals surface area contributed by atoms with Crippen molar-refractivity contribution in [1.29, 1.82) is 0 Å². The Bertz CT molecular complexity index is 653. The van der Waals surface area contributed by atoms with Gasteiger partial charge in [-0.05, 0) is 31.0 Å². The predicted molar refractivity (Wildman–Crippen MR) is 106 cm³/mol. The van der Waals surface area contributed by atoms with Gasteiger partial charge in [-0.2, -0.15) is 0 Å². The van der Waals surface area contributed by atoms with Crippen LogP contribution in [0.5, 0.6) is 5.75 Å². The molecule has 0 aliphatic heterocycles. The number of nitrogens with one attached hydrogen (secondary N) is 2. The standard InChI is InChI=1S/C18H29FN2O4S.ClH/c1-24-12-13-25-17-9-8-15(19)14-18(17)26(22,23)21-11-10-20-16-6-4-2-3-5-7-16;/h8-9,14,16,20-21H,2-7,10-13H2,1H3;1H. The van der Waals surface area contributed by atoms with Crippen molar-refractivity contribution >= 4 is 22.4 Å².